The average molecular weight is 330 g/mol. The molecule has 1 aliphatic heterocycles. The first-order chi connectivity index (χ1) is 11.9. The molecule has 1 N–H and O–H groups in total. The number of hydrazine groups is 1. The molecule has 0 fully saturated rings. The molecule has 0 bridgehead atoms. The molecule has 3 aromatic rings. The van der Waals surface area contributed by atoms with Gasteiger partial charge in [0.1, 0.15) is 0 Å². The quantitative estimate of drug-likeness (QED) is 0.707. The molecule has 0 saturated heterocycles. The number of anilines is 1. The Morgan fingerprint density at radius 3 is 2.33 bits per heavy atom. The number of thiophene rings is 1. The molecule has 3 heteroatoms. The maximum absolute atomic E-state index is 3.55. The van der Waals surface area contributed by atoms with Crippen LogP contribution in [0.1, 0.15) is 10.4 Å². The zero-order valence-electron chi connectivity index (χ0n) is 13.2. The Labute approximate surface area is 146 Å². The highest BCUT2D eigenvalue weighted by Crippen LogP contribution is 2.28. The topological polar surface area (TPSA) is 15.3 Å². The highest BCUT2D eigenvalue weighted by Gasteiger charge is 2.23. The summed E-state index contributed by atoms with van der Waals surface area (Å²) in [5.74, 6) is 0. The van der Waals surface area contributed by atoms with E-state index in [1.54, 1.807) is 11.3 Å². The Morgan fingerprint density at radius 2 is 1.62 bits per heavy atom. The largest absolute Gasteiger partial charge is 0.296 e. The zero-order valence-corrected chi connectivity index (χ0v) is 14.0. The van der Waals surface area contributed by atoms with Gasteiger partial charge in [0, 0.05) is 0 Å². The Morgan fingerprint density at radius 1 is 0.875 bits per heavy atom. The Bertz CT molecular complexity index is 836. The summed E-state index contributed by atoms with van der Waals surface area (Å²) in [7, 11) is 0. The first kappa shape index (κ1) is 14.8. The zero-order chi connectivity index (χ0) is 16.2. The minimum atomic E-state index is 0.171. The van der Waals surface area contributed by atoms with Gasteiger partial charge in [-0.1, -0.05) is 66.7 Å². The molecule has 24 heavy (non-hydrogen) atoms. The van der Waals surface area contributed by atoms with Crippen molar-refractivity contribution in [1.29, 1.82) is 0 Å². The van der Waals surface area contributed by atoms with Gasteiger partial charge in [-0.3, -0.25) is 10.4 Å². The molecule has 0 aliphatic carbocycles. The summed E-state index contributed by atoms with van der Waals surface area (Å²) >= 11 is 1.75. The standard InChI is InChI=1S/C21H18N2S/c1-3-8-17(9-4-1)13-14-19-16-20(21-12-7-15-24-21)22-23(19)18-10-5-2-6-11-18/h1-16,19,22H. The van der Waals surface area contributed by atoms with Crippen LogP contribution in [0.25, 0.3) is 11.8 Å². The fourth-order valence-electron chi connectivity index (χ4n) is 2.80. The first-order valence-corrected chi connectivity index (χ1v) is 8.88. The van der Waals surface area contributed by atoms with Crippen LogP contribution in [0.4, 0.5) is 5.69 Å². The number of hydrogen-bond donors (Lipinski definition) is 1. The van der Waals surface area contributed by atoms with E-state index < -0.39 is 0 Å². The van der Waals surface area contributed by atoms with Gasteiger partial charge in [0.25, 0.3) is 0 Å². The van der Waals surface area contributed by atoms with Gasteiger partial charge in [0.2, 0.25) is 0 Å². The van der Waals surface area contributed by atoms with Crippen LogP contribution in [-0.4, -0.2) is 6.04 Å². The first-order valence-electron chi connectivity index (χ1n) is 8.00. The van der Waals surface area contributed by atoms with Crippen molar-refractivity contribution in [2.24, 2.45) is 0 Å². The molecule has 1 unspecified atom stereocenters. The van der Waals surface area contributed by atoms with Gasteiger partial charge < -0.3 is 0 Å². The molecule has 2 aromatic carbocycles. The molecule has 1 atom stereocenters. The normalized spacial score (nSPS) is 17.1. The predicted molar refractivity (Wildman–Crippen MR) is 104 cm³/mol. The van der Waals surface area contributed by atoms with Crippen molar-refractivity contribution in [1.82, 2.24) is 5.43 Å². The van der Waals surface area contributed by atoms with Crippen molar-refractivity contribution in [3.8, 4) is 0 Å². The molecule has 1 aliphatic rings. The molecule has 2 heterocycles. The van der Waals surface area contributed by atoms with Crippen LogP contribution in [0, 0.1) is 0 Å². The Kier molecular flexibility index (Phi) is 4.17. The Hall–Kier alpha value is -2.78. The summed E-state index contributed by atoms with van der Waals surface area (Å²) in [6.07, 6.45) is 6.68. The van der Waals surface area contributed by atoms with E-state index in [-0.39, 0.29) is 6.04 Å². The van der Waals surface area contributed by atoms with E-state index in [0.29, 0.717) is 0 Å². The molecular weight excluding hydrogens is 312 g/mol. The summed E-state index contributed by atoms with van der Waals surface area (Å²) in [6, 6.07) is 25.2. The van der Waals surface area contributed by atoms with E-state index in [2.05, 4.69) is 94.7 Å². The third kappa shape index (κ3) is 3.12. The molecule has 2 nitrogen and oxygen atoms in total. The third-order valence-electron chi connectivity index (χ3n) is 3.98. The van der Waals surface area contributed by atoms with E-state index in [9.17, 15) is 0 Å². The second-order valence-electron chi connectivity index (χ2n) is 5.64. The van der Waals surface area contributed by atoms with Crippen molar-refractivity contribution < 1.29 is 0 Å². The summed E-state index contributed by atoms with van der Waals surface area (Å²) in [5, 5.41) is 4.31. The number of para-hydroxylation sites is 1. The van der Waals surface area contributed by atoms with Crippen LogP contribution < -0.4 is 10.4 Å². The van der Waals surface area contributed by atoms with Gasteiger partial charge >= 0.3 is 0 Å². The van der Waals surface area contributed by atoms with Gasteiger partial charge in [-0.15, -0.1) is 11.3 Å². The molecule has 0 amide bonds. The molecule has 0 radical (unpaired) electrons. The van der Waals surface area contributed by atoms with E-state index in [0.717, 1.165) is 11.4 Å². The molecule has 4 rings (SSSR count). The van der Waals surface area contributed by atoms with Gasteiger partial charge in [-0.05, 0) is 35.2 Å². The van der Waals surface area contributed by atoms with Crippen LogP contribution >= 0.6 is 11.3 Å². The monoisotopic (exact) mass is 330 g/mol. The summed E-state index contributed by atoms with van der Waals surface area (Å²) in [6.45, 7) is 0. The summed E-state index contributed by atoms with van der Waals surface area (Å²) < 4.78 is 0. The number of hydrogen-bond acceptors (Lipinski definition) is 3. The van der Waals surface area contributed by atoms with Crippen LogP contribution in [0.3, 0.4) is 0 Å². The predicted octanol–water partition coefficient (Wildman–Crippen LogP) is 5.20. The number of benzene rings is 2. The van der Waals surface area contributed by atoms with Gasteiger partial charge in [-0.25, -0.2) is 0 Å². The molecule has 118 valence electrons. The van der Waals surface area contributed by atoms with E-state index in [4.69, 9.17) is 0 Å². The number of nitrogens with zero attached hydrogens (tertiary/aromatic N) is 1. The van der Waals surface area contributed by atoms with Crippen molar-refractivity contribution in [3.63, 3.8) is 0 Å². The summed E-state index contributed by atoms with van der Waals surface area (Å²) in [4.78, 5) is 1.26. The molecule has 0 saturated carbocycles. The van der Waals surface area contributed by atoms with Crippen LogP contribution in [-0.2, 0) is 0 Å². The maximum atomic E-state index is 3.55. The van der Waals surface area contributed by atoms with Gasteiger partial charge in [-0.2, -0.15) is 0 Å². The average Bonchev–Trinajstić information content (AvgIpc) is 3.31. The molecular formula is C21H18N2S. The number of nitrogens with one attached hydrogen (secondary N) is 1. The van der Waals surface area contributed by atoms with Gasteiger partial charge in [0.15, 0.2) is 0 Å². The van der Waals surface area contributed by atoms with Gasteiger partial charge in [0.05, 0.1) is 22.3 Å². The van der Waals surface area contributed by atoms with E-state index in [1.165, 1.54) is 10.4 Å². The smallest absolute Gasteiger partial charge is 0.0892 e. The fraction of sp³-hybridized carbons (Fsp3) is 0.0476. The molecule has 0 spiro atoms. The van der Waals surface area contributed by atoms with Crippen molar-refractivity contribution >= 4 is 28.8 Å². The van der Waals surface area contributed by atoms with Crippen LogP contribution in [0.15, 0.2) is 90.3 Å². The lowest BCUT2D eigenvalue weighted by atomic mass is 10.1. The second kappa shape index (κ2) is 6.77. The highest BCUT2D eigenvalue weighted by molar-refractivity contribution is 7.11. The van der Waals surface area contributed by atoms with Crippen molar-refractivity contribution in [3.05, 3.63) is 101 Å². The Balaban J connectivity index is 1.65. The second-order valence-corrected chi connectivity index (χ2v) is 6.58. The minimum Gasteiger partial charge on any atom is -0.296 e. The van der Waals surface area contributed by atoms with Crippen molar-refractivity contribution in [2.45, 2.75) is 6.04 Å². The third-order valence-corrected chi connectivity index (χ3v) is 4.89. The maximum Gasteiger partial charge on any atom is 0.0892 e. The SMILES string of the molecule is C(=CC1C=C(c2cccs2)NN1c1ccccc1)c1ccccc1. The lowest BCUT2D eigenvalue weighted by Crippen LogP contribution is -2.37. The van der Waals surface area contributed by atoms with Crippen molar-refractivity contribution in [2.75, 3.05) is 5.01 Å². The lowest BCUT2D eigenvalue weighted by molar-refractivity contribution is 0.780. The van der Waals surface area contributed by atoms with E-state index >= 15 is 0 Å². The minimum absolute atomic E-state index is 0.171. The lowest BCUT2D eigenvalue weighted by Gasteiger charge is -2.25. The van der Waals surface area contributed by atoms with Crippen LogP contribution in [0.5, 0.6) is 0 Å². The molecule has 1 aromatic heterocycles. The summed E-state index contributed by atoms with van der Waals surface area (Å²) in [5.41, 5.74) is 7.08. The van der Waals surface area contributed by atoms with Crippen LogP contribution in [0.2, 0.25) is 0 Å². The number of rotatable bonds is 4. The fourth-order valence-corrected chi connectivity index (χ4v) is 3.50. The highest BCUT2D eigenvalue weighted by atomic mass is 32.1. The van der Waals surface area contributed by atoms with E-state index in [1.807, 2.05) is 12.1 Å².